The van der Waals surface area contributed by atoms with E-state index in [2.05, 4.69) is 30.8 Å². The van der Waals surface area contributed by atoms with Gasteiger partial charge in [0.1, 0.15) is 11.5 Å². The number of para-hydroxylation sites is 1. The van der Waals surface area contributed by atoms with E-state index in [0.29, 0.717) is 49.7 Å². The van der Waals surface area contributed by atoms with Gasteiger partial charge in [0, 0.05) is 36.5 Å². The Hall–Kier alpha value is -4.84. The van der Waals surface area contributed by atoms with E-state index < -0.39 is 4.92 Å². The molecule has 1 fully saturated rings. The maximum atomic E-state index is 10.8. The van der Waals surface area contributed by atoms with Crippen molar-refractivity contribution in [2.45, 2.75) is 0 Å². The van der Waals surface area contributed by atoms with Crippen molar-refractivity contribution in [3.63, 3.8) is 0 Å². The summed E-state index contributed by atoms with van der Waals surface area (Å²) >= 11 is 0. The van der Waals surface area contributed by atoms with Crippen LogP contribution >= 0.6 is 0 Å². The van der Waals surface area contributed by atoms with E-state index in [1.54, 1.807) is 24.3 Å². The maximum absolute atomic E-state index is 10.8. The average molecular weight is 486 g/mol. The van der Waals surface area contributed by atoms with Crippen molar-refractivity contribution in [3.05, 3.63) is 82.6 Å². The Balaban J connectivity index is 1.31. The fourth-order valence-electron chi connectivity index (χ4n) is 3.50. The van der Waals surface area contributed by atoms with Gasteiger partial charge in [0.25, 0.3) is 5.69 Å². The zero-order valence-corrected chi connectivity index (χ0v) is 19.1. The number of benzene rings is 2. The normalized spacial score (nSPS) is 13.6. The van der Waals surface area contributed by atoms with Crippen molar-refractivity contribution in [1.82, 2.24) is 15.0 Å². The first-order chi connectivity index (χ1) is 17.6. The second-order valence-electron chi connectivity index (χ2n) is 7.75. The number of morpholine rings is 1. The Morgan fingerprint density at radius 3 is 2.44 bits per heavy atom. The van der Waals surface area contributed by atoms with Gasteiger partial charge in [-0.3, -0.25) is 10.1 Å². The van der Waals surface area contributed by atoms with Crippen LogP contribution in [0.15, 0.2) is 76.2 Å². The first-order valence-electron chi connectivity index (χ1n) is 11.2. The number of rotatable bonds is 8. The zero-order chi connectivity index (χ0) is 24.7. The number of hydrazone groups is 1. The van der Waals surface area contributed by atoms with Gasteiger partial charge in [-0.1, -0.05) is 18.2 Å². The number of nitro benzene ring substituents is 1. The molecule has 0 aliphatic carbocycles. The number of hydrogen-bond donors (Lipinski definition) is 2. The molecule has 0 bridgehead atoms. The molecule has 182 valence electrons. The Labute approximate surface area is 205 Å². The van der Waals surface area contributed by atoms with Crippen molar-refractivity contribution in [2.75, 3.05) is 41.9 Å². The smallest absolute Gasteiger partial charge is 0.269 e. The SMILES string of the molecule is O=[N+]([O-])c1ccc(-c2ccc(/C=N/Nc3nc(Nc4ccccc4)nc(N4CCOCC4)n3)o2)cc1. The van der Waals surface area contributed by atoms with Crippen molar-refractivity contribution >= 4 is 35.4 Å². The average Bonchev–Trinajstić information content (AvgIpc) is 3.39. The minimum absolute atomic E-state index is 0.0196. The Morgan fingerprint density at radius 1 is 0.944 bits per heavy atom. The van der Waals surface area contributed by atoms with Crippen LogP contribution in [0.1, 0.15) is 5.76 Å². The van der Waals surface area contributed by atoms with Crippen LogP contribution in [0, 0.1) is 10.1 Å². The number of hydrogen-bond acceptors (Lipinski definition) is 11. The van der Waals surface area contributed by atoms with Gasteiger partial charge in [0.05, 0.1) is 24.4 Å². The molecule has 0 atom stereocenters. The van der Waals surface area contributed by atoms with Crippen LogP contribution in [-0.4, -0.2) is 52.4 Å². The topological polar surface area (TPSA) is 144 Å². The molecule has 1 aliphatic heterocycles. The Morgan fingerprint density at radius 2 is 1.69 bits per heavy atom. The minimum atomic E-state index is -0.442. The van der Waals surface area contributed by atoms with Gasteiger partial charge < -0.3 is 19.4 Å². The molecule has 2 aromatic carbocycles. The zero-order valence-electron chi connectivity index (χ0n) is 19.1. The number of anilines is 4. The molecule has 36 heavy (non-hydrogen) atoms. The van der Waals surface area contributed by atoms with Crippen LogP contribution in [-0.2, 0) is 4.74 Å². The standard InChI is InChI=1S/C24H22N8O4/c33-32(34)19-8-6-17(7-9-19)21-11-10-20(36-21)16-25-30-23-27-22(26-18-4-2-1-3-5-18)28-24(29-23)31-12-14-35-15-13-31/h1-11,16H,12-15H2,(H2,26,27,28,29,30)/b25-16+. The van der Waals surface area contributed by atoms with Crippen LogP contribution in [0.3, 0.4) is 0 Å². The highest BCUT2D eigenvalue weighted by atomic mass is 16.6. The van der Waals surface area contributed by atoms with Crippen LogP contribution in [0.25, 0.3) is 11.3 Å². The summed E-state index contributed by atoms with van der Waals surface area (Å²) in [4.78, 5) is 25.9. The van der Waals surface area contributed by atoms with Crippen molar-refractivity contribution in [3.8, 4) is 11.3 Å². The van der Waals surface area contributed by atoms with Gasteiger partial charge in [0.15, 0.2) is 0 Å². The highest BCUT2D eigenvalue weighted by Crippen LogP contribution is 2.24. The molecule has 0 spiro atoms. The monoisotopic (exact) mass is 486 g/mol. The molecule has 0 unspecified atom stereocenters. The number of aromatic nitrogens is 3. The van der Waals surface area contributed by atoms with Crippen LogP contribution in [0.5, 0.6) is 0 Å². The van der Waals surface area contributed by atoms with Crippen LogP contribution < -0.4 is 15.6 Å². The van der Waals surface area contributed by atoms with Gasteiger partial charge in [0.2, 0.25) is 17.8 Å². The lowest BCUT2D eigenvalue weighted by molar-refractivity contribution is -0.384. The van der Waals surface area contributed by atoms with Gasteiger partial charge in [-0.15, -0.1) is 0 Å². The predicted molar refractivity (Wildman–Crippen MR) is 135 cm³/mol. The molecule has 0 radical (unpaired) electrons. The summed E-state index contributed by atoms with van der Waals surface area (Å²) in [7, 11) is 0. The van der Waals surface area contributed by atoms with E-state index in [-0.39, 0.29) is 11.6 Å². The third-order valence-electron chi connectivity index (χ3n) is 5.29. The van der Waals surface area contributed by atoms with Gasteiger partial charge >= 0.3 is 0 Å². The van der Waals surface area contributed by atoms with Crippen LogP contribution in [0.4, 0.5) is 29.2 Å². The molecule has 0 saturated carbocycles. The molecule has 12 nitrogen and oxygen atoms in total. The largest absolute Gasteiger partial charge is 0.455 e. The molecular formula is C24H22N8O4. The summed E-state index contributed by atoms with van der Waals surface area (Å²) in [6.07, 6.45) is 1.50. The van der Waals surface area contributed by atoms with E-state index in [1.807, 2.05) is 35.2 Å². The number of nitrogens with zero attached hydrogens (tertiary/aromatic N) is 6. The third-order valence-corrected chi connectivity index (χ3v) is 5.29. The number of nitro groups is 1. The molecule has 5 rings (SSSR count). The quantitative estimate of drug-likeness (QED) is 0.212. The summed E-state index contributed by atoms with van der Waals surface area (Å²) in [6.45, 7) is 2.55. The second-order valence-corrected chi connectivity index (χ2v) is 7.75. The highest BCUT2D eigenvalue weighted by Gasteiger charge is 2.17. The number of non-ortho nitro benzene ring substituents is 1. The molecule has 2 N–H and O–H groups in total. The first-order valence-corrected chi connectivity index (χ1v) is 11.2. The van der Waals surface area contributed by atoms with Gasteiger partial charge in [-0.05, 0) is 36.4 Å². The molecule has 1 saturated heterocycles. The van der Waals surface area contributed by atoms with Crippen molar-refractivity contribution in [2.24, 2.45) is 5.10 Å². The second kappa shape index (κ2) is 10.6. The molecular weight excluding hydrogens is 464 g/mol. The lowest BCUT2D eigenvalue weighted by Gasteiger charge is -2.27. The molecule has 2 aromatic heterocycles. The lowest BCUT2D eigenvalue weighted by atomic mass is 10.1. The molecule has 12 heteroatoms. The van der Waals surface area contributed by atoms with E-state index in [4.69, 9.17) is 9.15 Å². The van der Waals surface area contributed by atoms with Crippen molar-refractivity contribution in [1.29, 1.82) is 0 Å². The lowest BCUT2D eigenvalue weighted by Crippen LogP contribution is -2.37. The number of nitrogens with one attached hydrogen (secondary N) is 2. The summed E-state index contributed by atoms with van der Waals surface area (Å²) in [6, 6.07) is 19.3. The Kier molecular flexibility index (Phi) is 6.76. The minimum Gasteiger partial charge on any atom is -0.455 e. The molecule has 4 aromatic rings. The third kappa shape index (κ3) is 5.62. The fraction of sp³-hybridized carbons (Fsp3) is 0.167. The molecule has 1 aliphatic rings. The molecule has 0 amide bonds. The predicted octanol–water partition coefficient (Wildman–Crippen LogP) is 4.07. The van der Waals surface area contributed by atoms with E-state index in [0.717, 1.165) is 11.3 Å². The van der Waals surface area contributed by atoms with Crippen molar-refractivity contribution < 1.29 is 14.1 Å². The number of furan rings is 1. The van der Waals surface area contributed by atoms with E-state index >= 15 is 0 Å². The van der Waals surface area contributed by atoms with Crippen LogP contribution in [0.2, 0.25) is 0 Å². The summed E-state index contributed by atoms with van der Waals surface area (Å²) < 4.78 is 11.2. The van der Waals surface area contributed by atoms with Gasteiger partial charge in [-0.25, -0.2) is 5.43 Å². The van der Waals surface area contributed by atoms with Gasteiger partial charge in [-0.2, -0.15) is 20.1 Å². The maximum Gasteiger partial charge on any atom is 0.269 e. The van der Waals surface area contributed by atoms with E-state index in [9.17, 15) is 10.1 Å². The number of ether oxygens (including phenoxy) is 1. The van der Waals surface area contributed by atoms with E-state index in [1.165, 1.54) is 18.3 Å². The first kappa shape index (κ1) is 22.9. The fourth-order valence-corrected chi connectivity index (χ4v) is 3.50. The molecule has 3 heterocycles. The Bertz CT molecular complexity index is 1350. The summed E-state index contributed by atoms with van der Waals surface area (Å²) in [5, 5.41) is 18.2. The summed E-state index contributed by atoms with van der Waals surface area (Å²) in [5.74, 6) is 2.22. The summed E-state index contributed by atoms with van der Waals surface area (Å²) in [5.41, 5.74) is 4.43. The highest BCUT2D eigenvalue weighted by molar-refractivity contribution is 5.78.